The number of rotatable bonds is 27. The number of alkyl halides is 1. The van der Waals surface area contributed by atoms with Crippen LogP contribution >= 0.6 is 0 Å². The van der Waals surface area contributed by atoms with Gasteiger partial charge in [0.25, 0.3) is 11.8 Å². The highest BCUT2D eigenvalue weighted by Gasteiger charge is 2.46. The Morgan fingerprint density at radius 3 is 2.23 bits per heavy atom. The summed E-state index contributed by atoms with van der Waals surface area (Å²) in [5.41, 5.74) is 6.94. The summed E-state index contributed by atoms with van der Waals surface area (Å²) in [4.78, 5) is 115. The van der Waals surface area contributed by atoms with E-state index in [9.17, 15) is 48.2 Å². The second-order valence-corrected chi connectivity index (χ2v) is 23.1. The summed E-state index contributed by atoms with van der Waals surface area (Å²) >= 11 is 0. The van der Waals surface area contributed by atoms with E-state index in [0.29, 0.717) is 68.8 Å². The fourth-order valence-electron chi connectivity index (χ4n) is 11.5. The lowest BCUT2D eigenvalue weighted by Crippen LogP contribution is -2.50. The van der Waals surface area contributed by atoms with Gasteiger partial charge in [-0.25, -0.2) is 32.5 Å². The zero-order chi connectivity index (χ0) is 62.3. The number of ether oxygens (including phenoxy) is 2. The van der Waals surface area contributed by atoms with Gasteiger partial charge in [-0.3, -0.25) is 28.9 Å². The second kappa shape index (κ2) is 30.5. The number of primary amides is 1. The minimum absolute atomic E-state index is 0.0993. The number of aromatic nitrogens is 2. The number of nitrogens with one attached hydrogen (secondary N) is 3. The van der Waals surface area contributed by atoms with Crippen LogP contribution in [0.15, 0.2) is 91.1 Å². The Balaban J connectivity index is 0.917. The number of imide groups is 1. The van der Waals surface area contributed by atoms with Crippen molar-refractivity contribution in [3.8, 4) is 11.3 Å². The van der Waals surface area contributed by atoms with Crippen LogP contribution in [0.2, 0.25) is 0 Å². The summed E-state index contributed by atoms with van der Waals surface area (Å²) in [6.07, 6.45) is 1.80. The first kappa shape index (κ1) is 64.8. The number of benzene rings is 3. The Kier molecular flexibility index (Phi) is 22.7. The van der Waals surface area contributed by atoms with E-state index in [1.807, 2.05) is 30.3 Å². The molecule has 25 heteroatoms. The average molecular weight is 1210 g/mol. The second-order valence-electron chi connectivity index (χ2n) is 23.1. The Morgan fingerprint density at radius 2 is 1.55 bits per heavy atom. The molecule has 87 heavy (non-hydrogen) atoms. The number of β-amino-alcohol motifs (C(OH)–C–C–N with tert-alkyl or cyclic N) is 2. The number of aliphatic hydroxyl groups is 2. The van der Waals surface area contributed by atoms with Gasteiger partial charge in [0.2, 0.25) is 11.8 Å². The lowest BCUT2D eigenvalue weighted by Gasteiger charge is -2.41. The van der Waals surface area contributed by atoms with Crippen LogP contribution in [0.4, 0.5) is 33.2 Å². The maximum atomic E-state index is 16.6. The number of likely N-dealkylation sites (tertiary alicyclic amines) is 2. The van der Waals surface area contributed by atoms with Gasteiger partial charge in [0, 0.05) is 100 Å². The third-order valence-electron chi connectivity index (χ3n) is 16.3. The van der Waals surface area contributed by atoms with Crippen LogP contribution in [-0.4, -0.2) is 170 Å². The average Bonchev–Trinajstić information content (AvgIpc) is 2.36. The number of nitrogens with two attached hydrogens (primary N) is 1. The number of anilines is 1. The standard InChI is InChI=1S/C62H77F3N10O12/c1-38(2)56(70-53(79)13-7-4-8-25-74-54(80)20-21-55(74)81)50(76)28-42(12-9-24-67-60(66)83)59(82)68-45-17-14-40(15-18-45)37-87-62(85)73-31-43(48(65)33-73)32-75(61(84)72-35-51(77)52(78)36-72)57(41-22-26-86-27-23-41)58-69-49(46-29-44(63)16-19-47(46)64)34-71(58)30-39-10-5-3-6-11-39/h3,5-6,10-11,14-21,29,34,38,41-43,48,51-52,56-57,77-78H,4,7-9,12-13,22-28,30-33,35-37H2,1-2H3,(H,68,82)(H,70,79)(H3,66,67,83)/t42-,43+,48+,51-,52+,56+,57-/m1/s1. The molecule has 0 saturated carbocycles. The third kappa shape index (κ3) is 17.5. The largest absolute Gasteiger partial charge is 0.445 e. The van der Waals surface area contributed by atoms with Gasteiger partial charge in [-0.1, -0.05) is 62.7 Å². The number of urea groups is 2. The number of halogens is 3. The van der Waals surface area contributed by atoms with Gasteiger partial charge in [-0.2, -0.15) is 0 Å². The molecule has 9 amide bonds. The molecule has 3 aromatic carbocycles. The highest BCUT2D eigenvalue weighted by molar-refractivity contribution is 6.12. The molecule has 4 aliphatic heterocycles. The lowest BCUT2D eigenvalue weighted by molar-refractivity contribution is -0.137. The maximum absolute atomic E-state index is 16.6. The van der Waals surface area contributed by atoms with E-state index in [1.165, 1.54) is 26.9 Å². The topological polar surface area (TPSA) is 288 Å². The SMILES string of the molecule is CC(C)[C@H](NC(=O)CCCCCN1C(=O)C=CC1=O)C(=O)C[C@@H](CCCNC(N)=O)C(=O)Nc1ccc(COC(=O)N2C[C@@H](CN(C(=O)N3C[C@@H](O)[C@@H](O)C3)[C@@H](c3nc(-c4cc(F)ccc4F)cn3Cc3ccccc3)C3CCOCC3)[C@@H](F)C2)cc1. The van der Waals surface area contributed by atoms with E-state index in [-0.39, 0.29) is 125 Å². The predicted octanol–water partition coefficient (Wildman–Crippen LogP) is 6.00. The number of hydrogen-bond acceptors (Lipinski definition) is 13. The van der Waals surface area contributed by atoms with Gasteiger partial charge in [0.05, 0.1) is 49.6 Å². The summed E-state index contributed by atoms with van der Waals surface area (Å²) in [5.74, 6) is -5.60. The van der Waals surface area contributed by atoms with Crippen molar-refractivity contribution in [1.29, 1.82) is 0 Å². The molecule has 5 heterocycles. The number of nitrogens with zero attached hydrogens (tertiary/aromatic N) is 6. The Hall–Kier alpha value is -8.16. The predicted molar refractivity (Wildman–Crippen MR) is 311 cm³/mol. The van der Waals surface area contributed by atoms with Gasteiger partial charge in [0.15, 0.2) is 5.78 Å². The van der Waals surface area contributed by atoms with Crippen LogP contribution in [-0.2, 0) is 46.6 Å². The minimum Gasteiger partial charge on any atom is -0.445 e. The molecular formula is C62H77F3N10O12. The molecule has 8 rings (SSSR count). The summed E-state index contributed by atoms with van der Waals surface area (Å²) < 4.78 is 60.1. The van der Waals surface area contributed by atoms with Crippen LogP contribution in [0, 0.1) is 35.3 Å². The van der Waals surface area contributed by atoms with Crippen molar-refractivity contribution in [1.82, 2.24) is 39.8 Å². The summed E-state index contributed by atoms with van der Waals surface area (Å²) in [7, 11) is 0. The first-order valence-corrected chi connectivity index (χ1v) is 29.6. The quantitative estimate of drug-likeness (QED) is 0.0296. The van der Waals surface area contributed by atoms with Crippen LogP contribution < -0.4 is 21.7 Å². The lowest BCUT2D eigenvalue weighted by atomic mass is 9.89. The van der Waals surface area contributed by atoms with Crippen LogP contribution in [0.1, 0.15) is 94.6 Å². The summed E-state index contributed by atoms with van der Waals surface area (Å²) in [6, 6.07) is 15.5. The molecule has 7 atom stereocenters. The smallest absolute Gasteiger partial charge is 0.410 e. The van der Waals surface area contributed by atoms with Gasteiger partial charge in [-0.05, 0) is 91.8 Å². The van der Waals surface area contributed by atoms with Gasteiger partial charge >= 0.3 is 18.2 Å². The van der Waals surface area contributed by atoms with Gasteiger partial charge in [0.1, 0.15) is 30.2 Å². The van der Waals surface area contributed by atoms with Crippen LogP contribution in [0.5, 0.6) is 0 Å². The highest BCUT2D eigenvalue weighted by Crippen LogP contribution is 2.40. The minimum atomic E-state index is -1.65. The number of carbonyl (C=O) groups is 8. The molecule has 7 N–H and O–H groups in total. The molecule has 0 aliphatic carbocycles. The number of hydrogen-bond donors (Lipinski definition) is 6. The molecule has 22 nitrogen and oxygen atoms in total. The van der Waals surface area contributed by atoms with Gasteiger partial charge in [-0.15, -0.1) is 0 Å². The summed E-state index contributed by atoms with van der Waals surface area (Å²) in [5, 5.41) is 29.4. The first-order chi connectivity index (χ1) is 41.7. The van der Waals surface area contributed by atoms with Crippen molar-refractivity contribution in [2.45, 2.75) is 115 Å². The zero-order valence-electron chi connectivity index (χ0n) is 48.9. The van der Waals surface area contributed by atoms with E-state index >= 15 is 13.6 Å². The molecule has 4 aliphatic rings. The van der Waals surface area contributed by atoms with E-state index in [4.69, 9.17) is 20.2 Å². The monoisotopic (exact) mass is 1210 g/mol. The number of carbonyl (C=O) groups excluding carboxylic acids is 8. The zero-order valence-corrected chi connectivity index (χ0v) is 48.9. The fraction of sp³-hybridized carbons (Fsp3) is 0.500. The molecule has 468 valence electrons. The molecule has 0 bridgehead atoms. The molecule has 0 spiro atoms. The van der Waals surface area contributed by atoms with E-state index < -0.39 is 78.0 Å². The fourth-order valence-corrected chi connectivity index (χ4v) is 11.5. The molecule has 4 aromatic rings. The molecule has 0 radical (unpaired) electrons. The maximum Gasteiger partial charge on any atom is 0.410 e. The Labute approximate surface area is 502 Å². The van der Waals surface area contributed by atoms with Crippen molar-refractivity contribution < 1.29 is 71.2 Å². The first-order valence-electron chi connectivity index (χ1n) is 29.6. The number of Topliss-reactive ketones (excluding diaryl/α,β-unsaturated/α-hetero) is 1. The van der Waals surface area contributed by atoms with Crippen LogP contribution in [0.3, 0.4) is 0 Å². The van der Waals surface area contributed by atoms with Gasteiger partial charge < -0.3 is 60.6 Å². The highest BCUT2D eigenvalue weighted by atomic mass is 19.1. The van der Waals surface area contributed by atoms with E-state index in [1.54, 1.807) is 48.9 Å². The summed E-state index contributed by atoms with van der Waals surface area (Å²) in [6.45, 7) is 3.31. The third-order valence-corrected chi connectivity index (χ3v) is 16.3. The number of amides is 9. The van der Waals surface area contributed by atoms with Crippen molar-refractivity contribution >= 4 is 53.3 Å². The number of imidazole rings is 1. The van der Waals surface area contributed by atoms with Crippen molar-refractivity contribution in [2.24, 2.45) is 29.4 Å². The number of unbranched alkanes of at least 4 members (excludes halogenated alkanes) is 2. The molecule has 0 unspecified atom stereocenters. The van der Waals surface area contributed by atoms with E-state index in [2.05, 4.69) is 16.0 Å². The number of aliphatic hydroxyl groups excluding tert-OH is 2. The molecule has 3 saturated heterocycles. The normalized spacial score (nSPS) is 19.7. The van der Waals surface area contributed by atoms with Crippen molar-refractivity contribution in [2.75, 3.05) is 64.3 Å². The Bertz CT molecular complexity index is 3080. The molecule has 3 fully saturated rings. The molecular weight excluding hydrogens is 1130 g/mol. The van der Waals surface area contributed by atoms with E-state index in [0.717, 1.165) is 28.7 Å². The van der Waals surface area contributed by atoms with Crippen molar-refractivity contribution in [3.05, 3.63) is 120 Å². The van der Waals surface area contributed by atoms with Crippen LogP contribution in [0.25, 0.3) is 11.3 Å². The number of ketones is 1. The molecule has 1 aromatic heterocycles. The van der Waals surface area contributed by atoms with Crippen molar-refractivity contribution in [3.63, 3.8) is 0 Å². The Morgan fingerprint density at radius 1 is 0.851 bits per heavy atom.